The maximum Gasteiger partial charge on any atom is 0.320 e. The van der Waals surface area contributed by atoms with Crippen molar-refractivity contribution < 1.29 is 19.4 Å². The number of hydrogen-bond donors (Lipinski definition) is 3. The van der Waals surface area contributed by atoms with Gasteiger partial charge in [-0.1, -0.05) is 56.7 Å². The number of carbonyl (C=O) groups is 2. The number of ether oxygens (including phenoxy) is 1. The Kier molecular flexibility index (Phi) is 8.45. The predicted molar refractivity (Wildman–Crippen MR) is 167 cm³/mol. The van der Waals surface area contributed by atoms with Gasteiger partial charge in [0.15, 0.2) is 0 Å². The number of phenols is 1. The standard InChI is InChI=1S/C34H42N4O4/c1-33(2,19-9-8-12-29(40)38-20-22-42-23-21-38)34(36-32(41)35-25-13-15-26(16-14-25)37(3)4)30-27(17-18-28(39)31(30)34)24-10-6-5-7-11-24/h5-7,10-11,13-18,39H,8-9,12,19-23H2,1-4H3,(H2,35,36,41). The molecule has 0 bridgehead atoms. The van der Waals surface area contributed by atoms with Gasteiger partial charge < -0.3 is 30.3 Å². The van der Waals surface area contributed by atoms with Crippen molar-refractivity contribution in [2.24, 2.45) is 5.41 Å². The summed E-state index contributed by atoms with van der Waals surface area (Å²) in [5, 5.41) is 17.4. The first-order chi connectivity index (χ1) is 20.1. The summed E-state index contributed by atoms with van der Waals surface area (Å²) in [6, 6.07) is 21.1. The van der Waals surface area contributed by atoms with Crippen LogP contribution in [0.4, 0.5) is 16.2 Å². The number of unbranched alkanes of at least 4 members (excludes halogenated alkanes) is 1. The van der Waals surface area contributed by atoms with Gasteiger partial charge in [0.05, 0.1) is 13.2 Å². The fourth-order valence-corrected chi connectivity index (χ4v) is 6.27. The van der Waals surface area contributed by atoms with Gasteiger partial charge in [0, 0.05) is 56.1 Å². The molecule has 1 aliphatic carbocycles. The molecular weight excluding hydrogens is 528 g/mol. The number of benzene rings is 3. The van der Waals surface area contributed by atoms with Crippen LogP contribution in [0.1, 0.15) is 50.7 Å². The first-order valence-corrected chi connectivity index (χ1v) is 14.8. The number of hydrogen-bond acceptors (Lipinski definition) is 5. The van der Waals surface area contributed by atoms with Crippen molar-refractivity contribution in [3.05, 3.63) is 77.9 Å². The average Bonchev–Trinajstić information content (AvgIpc) is 3.67. The molecule has 2 aliphatic rings. The second kappa shape index (κ2) is 12.1. The zero-order valence-corrected chi connectivity index (χ0v) is 25.1. The first kappa shape index (κ1) is 29.5. The molecule has 0 saturated carbocycles. The molecule has 8 nitrogen and oxygen atoms in total. The van der Waals surface area contributed by atoms with Gasteiger partial charge >= 0.3 is 6.03 Å². The largest absolute Gasteiger partial charge is 0.508 e. The zero-order valence-electron chi connectivity index (χ0n) is 25.1. The fraction of sp³-hybridized carbons (Fsp3) is 0.412. The summed E-state index contributed by atoms with van der Waals surface area (Å²) < 4.78 is 5.37. The minimum Gasteiger partial charge on any atom is -0.508 e. The molecular formula is C34H42N4O4. The third-order valence-electron chi connectivity index (χ3n) is 8.72. The number of morpholine rings is 1. The van der Waals surface area contributed by atoms with Gasteiger partial charge in [-0.05, 0) is 59.7 Å². The average molecular weight is 571 g/mol. The third-order valence-corrected chi connectivity index (χ3v) is 8.72. The molecule has 1 saturated heterocycles. The van der Waals surface area contributed by atoms with Crippen LogP contribution >= 0.6 is 0 Å². The lowest BCUT2D eigenvalue weighted by Crippen LogP contribution is -2.48. The molecule has 8 heteroatoms. The lowest BCUT2D eigenvalue weighted by molar-refractivity contribution is -0.135. The van der Waals surface area contributed by atoms with Gasteiger partial charge in [-0.15, -0.1) is 0 Å². The Balaban J connectivity index is 1.37. The number of rotatable bonds is 10. The summed E-state index contributed by atoms with van der Waals surface area (Å²) in [5.74, 6) is 0.346. The van der Waals surface area contributed by atoms with Crippen LogP contribution < -0.4 is 15.5 Å². The van der Waals surface area contributed by atoms with E-state index in [9.17, 15) is 14.7 Å². The Labute approximate surface area is 248 Å². The van der Waals surface area contributed by atoms with Gasteiger partial charge in [0.1, 0.15) is 11.3 Å². The zero-order chi connectivity index (χ0) is 29.9. The molecule has 3 aromatic rings. The topological polar surface area (TPSA) is 94.1 Å². The number of carbonyl (C=O) groups excluding carboxylic acids is 2. The van der Waals surface area contributed by atoms with E-state index in [1.54, 1.807) is 6.07 Å². The molecule has 42 heavy (non-hydrogen) atoms. The van der Waals surface area contributed by atoms with Crippen molar-refractivity contribution in [1.82, 2.24) is 10.2 Å². The van der Waals surface area contributed by atoms with Crippen molar-refractivity contribution in [1.29, 1.82) is 0 Å². The summed E-state index contributed by atoms with van der Waals surface area (Å²) in [7, 11) is 3.95. The predicted octanol–water partition coefficient (Wildman–Crippen LogP) is 5.95. The van der Waals surface area contributed by atoms with Crippen molar-refractivity contribution in [2.45, 2.75) is 45.1 Å². The van der Waals surface area contributed by atoms with Crippen LogP contribution in [0.3, 0.4) is 0 Å². The molecule has 1 unspecified atom stereocenters. The molecule has 3 amide bonds. The molecule has 1 heterocycles. The van der Waals surface area contributed by atoms with Crippen LogP contribution in [-0.4, -0.2) is 62.3 Å². The molecule has 1 aliphatic heterocycles. The number of aromatic hydroxyl groups is 1. The number of nitrogens with zero attached hydrogens (tertiary/aromatic N) is 2. The summed E-state index contributed by atoms with van der Waals surface area (Å²) in [5.41, 5.74) is 4.14. The fourth-order valence-electron chi connectivity index (χ4n) is 6.27. The maximum absolute atomic E-state index is 13.6. The monoisotopic (exact) mass is 570 g/mol. The van der Waals surface area contributed by atoms with Crippen molar-refractivity contribution >= 4 is 23.3 Å². The Morgan fingerprint density at radius 3 is 2.31 bits per heavy atom. The van der Waals surface area contributed by atoms with E-state index in [0.717, 1.165) is 47.2 Å². The van der Waals surface area contributed by atoms with Crippen LogP contribution in [-0.2, 0) is 15.1 Å². The van der Waals surface area contributed by atoms with E-state index >= 15 is 0 Å². The lowest BCUT2D eigenvalue weighted by Gasteiger charge is -2.37. The van der Waals surface area contributed by atoms with Crippen LogP contribution in [0, 0.1) is 5.41 Å². The van der Waals surface area contributed by atoms with Crippen LogP contribution in [0.15, 0.2) is 66.7 Å². The molecule has 5 rings (SSSR count). The van der Waals surface area contributed by atoms with Crippen molar-refractivity contribution in [3.63, 3.8) is 0 Å². The Morgan fingerprint density at radius 1 is 0.952 bits per heavy atom. The number of amides is 3. The maximum atomic E-state index is 13.6. The molecule has 3 aromatic carbocycles. The molecule has 1 atom stereocenters. The van der Waals surface area contributed by atoms with Crippen molar-refractivity contribution in [3.8, 4) is 16.9 Å². The highest BCUT2D eigenvalue weighted by Gasteiger charge is 2.64. The number of anilines is 2. The SMILES string of the molecule is CN(C)c1ccc(NC(=O)NC2(C(C)(C)CCCCC(=O)N3CCOCC3)c3c(O)ccc(-c4ccccc4)c32)cc1. The van der Waals surface area contributed by atoms with E-state index < -0.39 is 11.0 Å². The Bertz CT molecular complexity index is 1420. The highest BCUT2D eigenvalue weighted by Crippen LogP contribution is 2.66. The molecule has 0 aromatic heterocycles. The number of urea groups is 1. The summed E-state index contributed by atoms with van der Waals surface area (Å²) in [4.78, 5) is 30.2. The van der Waals surface area contributed by atoms with Crippen LogP contribution in [0.2, 0.25) is 0 Å². The second-order valence-electron chi connectivity index (χ2n) is 12.1. The van der Waals surface area contributed by atoms with Gasteiger partial charge in [-0.2, -0.15) is 0 Å². The lowest BCUT2D eigenvalue weighted by atomic mass is 9.74. The van der Waals surface area contributed by atoms with Crippen LogP contribution in [0.25, 0.3) is 11.1 Å². The smallest absolute Gasteiger partial charge is 0.320 e. The summed E-state index contributed by atoms with van der Waals surface area (Å²) >= 11 is 0. The van der Waals surface area contributed by atoms with Gasteiger partial charge in [-0.25, -0.2) is 4.79 Å². The van der Waals surface area contributed by atoms with E-state index in [1.807, 2.05) is 84.6 Å². The second-order valence-corrected chi connectivity index (χ2v) is 12.1. The quantitative estimate of drug-likeness (QED) is 0.262. The van der Waals surface area contributed by atoms with Crippen molar-refractivity contribution in [2.75, 3.05) is 50.6 Å². The third kappa shape index (κ3) is 5.81. The number of nitrogens with one attached hydrogen (secondary N) is 2. The minimum absolute atomic E-state index is 0.169. The van der Waals surface area contributed by atoms with Crippen LogP contribution in [0.5, 0.6) is 5.75 Å². The molecule has 0 radical (unpaired) electrons. The molecule has 222 valence electrons. The molecule has 3 N–H and O–H groups in total. The highest BCUT2D eigenvalue weighted by atomic mass is 16.5. The normalized spacial score (nSPS) is 17.8. The van der Waals surface area contributed by atoms with E-state index in [4.69, 9.17) is 4.74 Å². The summed E-state index contributed by atoms with van der Waals surface area (Å²) in [6.45, 7) is 6.78. The van der Waals surface area contributed by atoms with Gasteiger partial charge in [0.25, 0.3) is 0 Å². The Morgan fingerprint density at radius 2 is 1.64 bits per heavy atom. The first-order valence-electron chi connectivity index (χ1n) is 14.8. The number of phenolic OH excluding ortho intramolecular Hbond substituents is 1. The van der Waals surface area contributed by atoms with E-state index in [0.29, 0.717) is 38.4 Å². The highest BCUT2D eigenvalue weighted by molar-refractivity contribution is 5.94. The number of fused-ring (bicyclic) bond motifs is 1. The van der Waals surface area contributed by atoms with E-state index in [2.05, 4.69) is 24.5 Å². The Hall–Kier alpha value is -4.04. The minimum atomic E-state index is -0.867. The van der Waals surface area contributed by atoms with Gasteiger partial charge in [-0.3, -0.25) is 4.79 Å². The van der Waals surface area contributed by atoms with E-state index in [-0.39, 0.29) is 17.7 Å². The van der Waals surface area contributed by atoms with E-state index in [1.165, 1.54) is 0 Å². The summed E-state index contributed by atoms with van der Waals surface area (Å²) in [6.07, 6.45) is 2.82. The molecule has 1 fully saturated rings. The molecule has 0 spiro atoms. The van der Waals surface area contributed by atoms with Gasteiger partial charge in [0.2, 0.25) is 5.91 Å².